The van der Waals surface area contributed by atoms with Crippen LogP contribution >= 0.6 is 0 Å². The number of benzene rings is 10. The molecule has 0 atom stereocenters. The highest BCUT2D eigenvalue weighted by Gasteiger charge is 2.22. The topological polar surface area (TPSA) is 35.6 Å². The second-order valence-electron chi connectivity index (χ2n) is 15.4. The molecule has 0 saturated heterocycles. The zero-order valence-corrected chi connectivity index (χ0v) is 31.3. The number of hydrogen-bond acceptors (Lipinski definition) is 2. The van der Waals surface area contributed by atoms with E-state index in [0.29, 0.717) is 5.95 Å². The molecule has 0 unspecified atom stereocenters. The van der Waals surface area contributed by atoms with Gasteiger partial charge in [0.25, 0.3) is 0 Å². The number of nitrogens with zero attached hydrogens (tertiary/aromatic N) is 4. The van der Waals surface area contributed by atoms with Crippen LogP contribution in [0.5, 0.6) is 0 Å². The van der Waals surface area contributed by atoms with Crippen LogP contribution in [0.1, 0.15) is 0 Å². The molecule has 0 amide bonds. The van der Waals surface area contributed by atoms with Crippen molar-refractivity contribution < 1.29 is 0 Å². The zero-order chi connectivity index (χ0) is 37.9. The van der Waals surface area contributed by atoms with Crippen LogP contribution in [-0.4, -0.2) is 19.1 Å². The molecule has 0 saturated carbocycles. The summed E-state index contributed by atoms with van der Waals surface area (Å²) in [5, 5.41) is 15.2. The van der Waals surface area contributed by atoms with Crippen molar-refractivity contribution in [2.45, 2.75) is 0 Å². The van der Waals surface area contributed by atoms with Gasteiger partial charge in [0.2, 0.25) is 5.95 Å². The number of rotatable bonds is 3. The van der Waals surface area contributed by atoms with Crippen LogP contribution in [-0.2, 0) is 0 Å². The SMILES string of the molecule is c1ccc(-n2c3cc4ccccc4cc3c3cc4c(cc32)c2cc3ccccc3cc2n4-c2nc(-c3ccc4ccccc4c3)c3ccc4ccccc4c3n2)cc1. The summed E-state index contributed by atoms with van der Waals surface area (Å²) in [5.41, 5.74) is 8.55. The Morgan fingerprint density at radius 1 is 0.293 bits per heavy atom. The maximum Gasteiger partial charge on any atom is 0.235 e. The van der Waals surface area contributed by atoms with Gasteiger partial charge >= 0.3 is 0 Å². The molecule has 268 valence electrons. The van der Waals surface area contributed by atoms with Gasteiger partial charge in [0, 0.05) is 43.6 Å². The second-order valence-corrected chi connectivity index (χ2v) is 15.4. The molecule has 4 nitrogen and oxygen atoms in total. The Morgan fingerprint density at radius 3 is 1.45 bits per heavy atom. The monoisotopic (exact) mass is 736 g/mol. The van der Waals surface area contributed by atoms with E-state index in [1.807, 2.05) is 0 Å². The van der Waals surface area contributed by atoms with Crippen molar-refractivity contribution in [2.75, 3.05) is 0 Å². The van der Waals surface area contributed by atoms with Crippen molar-refractivity contribution in [3.8, 4) is 22.9 Å². The van der Waals surface area contributed by atoms with Gasteiger partial charge in [-0.1, -0.05) is 133 Å². The van der Waals surface area contributed by atoms with Crippen molar-refractivity contribution in [1.82, 2.24) is 19.1 Å². The van der Waals surface area contributed by atoms with Gasteiger partial charge in [-0.15, -0.1) is 0 Å². The minimum atomic E-state index is 0.652. The van der Waals surface area contributed by atoms with E-state index in [1.54, 1.807) is 0 Å². The Labute approximate surface area is 332 Å². The lowest BCUT2D eigenvalue weighted by Gasteiger charge is -2.14. The highest BCUT2D eigenvalue weighted by atomic mass is 15.2. The number of para-hydroxylation sites is 1. The first-order valence-electron chi connectivity index (χ1n) is 19.8. The lowest BCUT2D eigenvalue weighted by molar-refractivity contribution is 1.02. The summed E-state index contributed by atoms with van der Waals surface area (Å²) in [6, 6.07) is 70.4. The first-order chi connectivity index (χ1) is 28.7. The van der Waals surface area contributed by atoms with Crippen LogP contribution in [0.15, 0.2) is 194 Å². The Bertz CT molecular complexity index is 3850. The number of fused-ring (bicyclic) bond motifs is 12. The van der Waals surface area contributed by atoms with Crippen LogP contribution in [0.3, 0.4) is 0 Å². The normalized spacial score (nSPS) is 12.1. The molecular weight excluding hydrogens is 705 g/mol. The molecule has 0 aliphatic heterocycles. The fourth-order valence-electron chi connectivity index (χ4n) is 9.48. The first kappa shape index (κ1) is 31.4. The third-order valence-corrected chi connectivity index (χ3v) is 12.2. The van der Waals surface area contributed by atoms with Crippen LogP contribution in [0.25, 0.3) is 120 Å². The van der Waals surface area contributed by atoms with E-state index in [9.17, 15) is 0 Å². The summed E-state index contributed by atoms with van der Waals surface area (Å²) < 4.78 is 4.74. The largest absolute Gasteiger partial charge is 0.309 e. The van der Waals surface area contributed by atoms with E-state index < -0.39 is 0 Å². The third-order valence-electron chi connectivity index (χ3n) is 12.2. The molecule has 0 aliphatic carbocycles. The maximum absolute atomic E-state index is 5.59. The zero-order valence-electron chi connectivity index (χ0n) is 31.3. The van der Waals surface area contributed by atoms with Gasteiger partial charge in [-0.2, -0.15) is 0 Å². The highest BCUT2D eigenvalue weighted by molar-refractivity contribution is 6.22. The summed E-state index contributed by atoms with van der Waals surface area (Å²) in [7, 11) is 0. The molecule has 0 aliphatic rings. The van der Waals surface area contributed by atoms with E-state index in [1.165, 1.54) is 59.5 Å². The maximum atomic E-state index is 5.59. The average Bonchev–Trinajstić information content (AvgIpc) is 3.76. The molecule has 10 aromatic carbocycles. The Balaban J connectivity index is 1.21. The fraction of sp³-hybridized carbons (Fsp3) is 0. The molecule has 13 aromatic rings. The molecule has 4 heteroatoms. The lowest BCUT2D eigenvalue weighted by Crippen LogP contribution is -2.04. The van der Waals surface area contributed by atoms with Crippen molar-refractivity contribution in [3.63, 3.8) is 0 Å². The number of hydrogen-bond donors (Lipinski definition) is 0. The smallest absolute Gasteiger partial charge is 0.235 e. The number of aromatic nitrogens is 4. The van der Waals surface area contributed by atoms with Gasteiger partial charge in [-0.25, -0.2) is 9.97 Å². The second kappa shape index (κ2) is 11.8. The molecule has 0 spiro atoms. The van der Waals surface area contributed by atoms with Gasteiger partial charge in [-0.05, 0) is 98.4 Å². The van der Waals surface area contributed by atoms with Crippen LogP contribution in [0.4, 0.5) is 0 Å². The molecule has 3 aromatic heterocycles. The van der Waals surface area contributed by atoms with Crippen LogP contribution in [0.2, 0.25) is 0 Å². The molecule has 58 heavy (non-hydrogen) atoms. The predicted octanol–water partition coefficient (Wildman–Crippen LogP) is 14.1. The van der Waals surface area contributed by atoms with Crippen molar-refractivity contribution >= 4 is 97.6 Å². The third kappa shape index (κ3) is 4.51. The highest BCUT2D eigenvalue weighted by Crippen LogP contribution is 2.42. The van der Waals surface area contributed by atoms with Gasteiger partial charge in [0.15, 0.2) is 0 Å². The van der Waals surface area contributed by atoms with E-state index in [-0.39, 0.29) is 0 Å². The molecule has 0 fully saturated rings. The summed E-state index contributed by atoms with van der Waals surface area (Å²) in [4.78, 5) is 11.1. The molecular formula is C54H32N4. The standard InChI is InChI=1S/C54H32N4/c1-2-19-41(20-3-1)57-48-29-38-17-8-6-15-36(38)27-44(48)46-32-51-47(31-50(46)57)45-28-37-16-7-9-18-39(37)30-49(45)58(51)54-55-52(40-23-22-33-12-4-5-14-35(33)26-40)43-25-24-34-13-10-11-21-42(34)53(43)56-54/h1-32H. The van der Waals surface area contributed by atoms with Crippen LogP contribution in [0, 0.1) is 0 Å². The molecule has 0 radical (unpaired) electrons. The summed E-state index contributed by atoms with van der Waals surface area (Å²) in [6.07, 6.45) is 0. The first-order valence-corrected chi connectivity index (χ1v) is 19.8. The lowest BCUT2D eigenvalue weighted by atomic mass is 10.00. The van der Waals surface area contributed by atoms with Crippen molar-refractivity contribution in [1.29, 1.82) is 0 Å². The Hall–Kier alpha value is -7.82. The van der Waals surface area contributed by atoms with E-state index >= 15 is 0 Å². The van der Waals surface area contributed by atoms with Crippen molar-refractivity contribution in [2.24, 2.45) is 0 Å². The Morgan fingerprint density at radius 2 is 0.776 bits per heavy atom. The van der Waals surface area contributed by atoms with E-state index in [2.05, 4.69) is 203 Å². The minimum absolute atomic E-state index is 0.652. The predicted molar refractivity (Wildman–Crippen MR) is 244 cm³/mol. The van der Waals surface area contributed by atoms with Gasteiger partial charge in [0.05, 0.1) is 33.3 Å². The quantitative estimate of drug-likeness (QED) is 0.169. The van der Waals surface area contributed by atoms with Crippen molar-refractivity contribution in [3.05, 3.63) is 194 Å². The molecule has 3 heterocycles. The summed E-state index contributed by atoms with van der Waals surface area (Å²) in [5.74, 6) is 0.652. The average molecular weight is 737 g/mol. The fourth-order valence-corrected chi connectivity index (χ4v) is 9.48. The van der Waals surface area contributed by atoms with Gasteiger partial charge in [-0.3, -0.25) is 4.57 Å². The van der Waals surface area contributed by atoms with Gasteiger partial charge < -0.3 is 4.57 Å². The molecule has 0 N–H and O–H groups in total. The molecule has 13 rings (SSSR count). The summed E-state index contributed by atoms with van der Waals surface area (Å²) in [6.45, 7) is 0. The molecule has 0 bridgehead atoms. The summed E-state index contributed by atoms with van der Waals surface area (Å²) >= 11 is 0. The van der Waals surface area contributed by atoms with Crippen LogP contribution < -0.4 is 0 Å². The Kier molecular flexibility index (Phi) is 6.41. The minimum Gasteiger partial charge on any atom is -0.309 e. The van der Waals surface area contributed by atoms with E-state index in [0.717, 1.165) is 55.0 Å². The van der Waals surface area contributed by atoms with E-state index in [4.69, 9.17) is 9.97 Å². The van der Waals surface area contributed by atoms with Gasteiger partial charge in [0.1, 0.15) is 0 Å².